The predicted octanol–water partition coefficient (Wildman–Crippen LogP) is 17.5. The minimum atomic E-state index is -5.11. The maximum Gasteiger partial charge on any atom is 0.478 e. The molecular weight excluding hydrogens is 1200 g/mol. The summed E-state index contributed by atoms with van der Waals surface area (Å²) in [4.78, 5) is 0. The van der Waals surface area contributed by atoms with Crippen LogP contribution in [0, 0.1) is 0 Å². The number of hydrogen-bond donors (Lipinski definition) is 0. The Hall–Kier alpha value is -4.72. The van der Waals surface area contributed by atoms with Gasteiger partial charge in [0.1, 0.15) is 16.8 Å². The first-order chi connectivity index (χ1) is 33.3. The third-order valence-electron chi connectivity index (χ3n) is 12.3. The minimum Gasteiger partial charge on any atom is -0.269 e. The van der Waals surface area contributed by atoms with Crippen molar-refractivity contribution in [3.63, 3.8) is 0 Å². The molecule has 0 fully saturated rings. The van der Waals surface area contributed by atoms with Crippen LogP contribution in [0.5, 0.6) is 0 Å². The summed E-state index contributed by atoms with van der Waals surface area (Å²) < 4.78 is 40.7. The van der Waals surface area contributed by atoms with E-state index in [1.807, 2.05) is 237 Å². The summed E-state index contributed by atoms with van der Waals surface area (Å²) in [6, 6.07) is 91.3. The van der Waals surface area contributed by atoms with Gasteiger partial charge in [-0.15, -0.1) is 0 Å². The van der Waals surface area contributed by atoms with Gasteiger partial charge in [-0.2, -0.15) is 0 Å². The first kappa shape index (κ1) is 48.3. The topological polar surface area (TPSA) is 44.8 Å². The SMILES string of the molecule is O=P(OC(c1ccccc1)(c1ccccc1)C(I)c1ccccc1)(OC(c1ccccc1)(c1ccccc1)C(I)c1ccccc1)OC(c1ccccc1)(c1ccccc1)C(I)c1ccccc1. The van der Waals surface area contributed by atoms with Crippen LogP contribution in [0.3, 0.4) is 0 Å². The fourth-order valence-electron chi connectivity index (χ4n) is 9.10. The molecule has 0 spiro atoms. The summed E-state index contributed by atoms with van der Waals surface area (Å²) in [6.07, 6.45) is 0. The number of phosphoric acid groups is 1. The monoisotopic (exact) mass is 1240 g/mol. The molecule has 0 aromatic heterocycles. The van der Waals surface area contributed by atoms with E-state index < -0.39 is 36.4 Å². The van der Waals surface area contributed by atoms with Crippen LogP contribution < -0.4 is 0 Å². The normalized spacial score (nSPS) is 14.3. The second-order valence-electron chi connectivity index (χ2n) is 16.4. The van der Waals surface area contributed by atoms with Gasteiger partial charge in [-0.3, -0.25) is 13.6 Å². The second-order valence-corrected chi connectivity index (χ2v) is 21.6. The molecule has 0 bridgehead atoms. The van der Waals surface area contributed by atoms with Gasteiger partial charge in [-0.1, -0.05) is 341 Å². The third kappa shape index (κ3) is 9.73. The van der Waals surface area contributed by atoms with E-state index in [0.717, 1.165) is 50.1 Å². The highest BCUT2D eigenvalue weighted by Gasteiger charge is 2.59. The van der Waals surface area contributed by atoms with Gasteiger partial charge in [0, 0.05) is 0 Å². The molecule has 0 aliphatic carbocycles. The number of halogens is 3. The second kappa shape index (κ2) is 21.9. The molecule has 9 aromatic carbocycles. The van der Waals surface area contributed by atoms with Crippen molar-refractivity contribution in [1.29, 1.82) is 0 Å². The lowest BCUT2D eigenvalue weighted by molar-refractivity contribution is -0.0422. The van der Waals surface area contributed by atoms with E-state index in [4.69, 9.17) is 13.6 Å². The molecule has 3 atom stereocenters. The van der Waals surface area contributed by atoms with Crippen molar-refractivity contribution in [2.24, 2.45) is 0 Å². The van der Waals surface area contributed by atoms with Gasteiger partial charge >= 0.3 is 7.82 Å². The Kier molecular flexibility index (Phi) is 15.6. The van der Waals surface area contributed by atoms with Crippen LogP contribution in [0.2, 0.25) is 0 Å². The fraction of sp³-hybridized carbons (Fsp3) is 0.100. The molecule has 0 saturated heterocycles. The van der Waals surface area contributed by atoms with Crippen molar-refractivity contribution in [3.8, 4) is 0 Å². The first-order valence-corrected chi connectivity index (χ1v) is 27.6. The fourth-order valence-corrected chi connectivity index (χ4v) is 15.6. The Balaban J connectivity index is 1.42. The van der Waals surface area contributed by atoms with E-state index in [0.29, 0.717) is 0 Å². The van der Waals surface area contributed by atoms with Gasteiger partial charge in [0.05, 0.1) is 11.8 Å². The van der Waals surface area contributed by atoms with Crippen molar-refractivity contribution in [2.75, 3.05) is 0 Å². The molecule has 0 N–H and O–H groups in total. The Bertz CT molecular complexity index is 2550. The summed E-state index contributed by atoms with van der Waals surface area (Å²) >= 11 is 7.43. The Morgan fingerprint density at radius 2 is 0.412 bits per heavy atom. The van der Waals surface area contributed by atoms with Gasteiger partial charge in [-0.05, 0) is 50.1 Å². The summed E-state index contributed by atoms with van der Waals surface area (Å²) in [6.45, 7) is 0. The van der Waals surface area contributed by atoms with E-state index in [2.05, 4.69) is 104 Å². The van der Waals surface area contributed by atoms with Gasteiger partial charge in [0.2, 0.25) is 0 Å². The quantitative estimate of drug-likeness (QED) is 0.0488. The average molecular weight is 1240 g/mol. The molecule has 0 aliphatic heterocycles. The van der Waals surface area contributed by atoms with Crippen LogP contribution in [0.1, 0.15) is 61.8 Å². The molecule has 9 rings (SSSR count). The average Bonchev–Trinajstić information content (AvgIpc) is 3.43. The van der Waals surface area contributed by atoms with Gasteiger partial charge in [-0.25, -0.2) is 4.57 Å². The van der Waals surface area contributed by atoms with Crippen LogP contribution in [0.4, 0.5) is 0 Å². The summed E-state index contributed by atoms with van der Waals surface area (Å²) in [5.41, 5.74) is 3.11. The number of rotatable bonds is 18. The standard InChI is InChI=1S/C60H48I3O4P/c61-55(46-28-10-1-11-29-46)58(49-34-16-4-17-35-49,50-36-18-5-19-37-50)65-68(64,66-59(51-38-20-6-21-39-51,52-40-22-7-23-41-52)56(62)47-30-12-2-13-31-47)67-60(53-42-24-8-25-43-53,54-44-26-9-27-45-54)57(63)48-32-14-3-15-33-48/h1-45,55-57H. The van der Waals surface area contributed by atoms with E-state index in [1.54, 1.807) is 0 Å². The summed E-state index contributed by atoms with van der Waals surface area (Å²) in [7, 11) is -5.11. The summed E-state index contributed by atoms with van der Waals surface area (Å²) in [5.74, 6) is 0. The van der Waals surface area contributed by atoms with Gasteiger partial charge in [0.15, 0.2) is 0 Å². The van der Waals surface area contributed by atoms with Crippen LogP contribution in [0.25, 0.3) is 0 Å². The Morgan fingerprint density at radius 3 is 0.574 bits per heavy atom. The number of hydrogen-bond acceptors (Lipinski definition) is 4. The first-order valence-electron chi connectivity index (χ1n) is 22.4. The zero-order valence-electron chi connectivity index (χ0n) is 36.9. The molecule has 0 amide bonds. The van der Waals surface area contributed by atoms with E-state index in [-0.39, 0.29) is 0 Å². The lowest BCUT2D eigenvalue weighted by Crippen LogP contribution is -2.42. The molecular formula is C60H48I3O4P. The largest absolute Gasteiger partial charge is 0.478 e. The molecule has 8 heteroatoms. The number of alkyl halides is 3. The Morgan fingerprint density at radius 1 is 0.265 bits per heavy atom. The maximum atomic E-state index is 18.2. The highest BCUT2D eigenvalue weighted by Crippen LogP contribution is 2.71. The molecule has 68 heavy (non-hydrogen) atoms. The molecule has 4 nitrogen and oxygen atoms in total. The van der Waals surface area contributed by atoms with Crippen LogP contribution in [0.15, 0.2) is 273 Å². The lowest BCUT2D eigenvalue weighted by Gasteiger charge is -2.48. The van der Waals surface area contributed by atoms with Crippen molar-refractivity contribution in [1.82, 2.24) is 0 Å². The van der Waals surface area contributed by atoms with Crippen LogP contribution >= 0.6 is 75.6 Å². The zero-order valence-corrected chi connectivity index (χ0v) is 44.3. The molecule has 0 saturated carbocycles. The van der Waals surface area contributed by atoms with Crippen LogP contribution in [-0.2, 0) is 34.9 Å². The van der Waals surface area contributed by atoms with Crippen molar-refractivity contribution in [3.05, 3.63) is 323 Å². The Labute approximate surface area is 441 Å². The predicted molar refractivity (Wildman–Crippen MR) is 301 cm³/mol. The highest BCUT2D eigenvalue weighted by molar-refractivity contribution is 14.1. The molecule has 0 heterocycles. The van der Waals surface area contributed by atoms with Gasteiger partial charge in [0.25, 0.3) is 0 Å². The van der Waals surface area contributed by atoms with E-state index in [9.17, 15) is 0 Å². The third-order valence-corrected chi connectivity index (χ3v) is 18.7. The molecule has 338 valence electrons. The molecule has 0 aliphatic rings. The zero-order chi connectivity index (χ0) is 46.9. The van der Waals surface area contributed by atoms with Crippen LogP contribution in [-0.4, -0.2) is 0 Å². The van der Waals surface area contributed by atoms with Crippen molar-refractivity contribution < 1.29 is 18.1 Å². The molecule has 9 aromatic rings. The number of benzene rings is 9. The lowest BCUT2D eigenvalue weighted by atomic mass is 9.81. The maximum absolute atomic E-state index is 18.2. The smallest absolute Gasteiger partial charge is 0.269 e. The minimum absolute atomic E-state index is 0.480. The molecule has 3 unspecified atom stereocenters. The number of phosphoric ester groups is 1. The molecule has 0 radical (unpaired) electrons. The van der Waals surface area contributed by atoms with E-state index >= 15 is 4.57 Å². The summed E-state index contributed by atoms with van der Waals surface area (Å²) in [5, 5.41) is 0. The van der Waals surface area contributed by atoms with Crippen molar-refractivity contribution >= 4 is 75.6 Å². The van der Waals surface area contributed by atoms with Crippen molar-refractivity contribution in [2.45, 2.75) is 28.6 Å². The van der Waals surface area contributed by atoms with Gasteiger partial charge < -0.3 is 0 Å². The van der Waals surface area contributed by atoms with E-state index in [1.165, 1.54) is 0 Å². The highest BCUT2D eigenvalue weighted by atomic mass is 127.